The van der Waals surface area contributed by atoms with Crippen molar-refractivity contribution in [2.45, 2.75) is 51.4 Å². The number of nitrogens with zero attached hydrogens (tertiary/aromatic N) is 1. The third kappa shape index (κ3) is 1.58. The minimum atomic E-state index is 0.353. The molecule has 0 spiro atoms. The Balaban J connectivity index is 1.86. The number of benzene rings is 1. The van der Waals surface area contributed by atoms with Crippen LogP contribution in [0.25, 0.3) is 10.9 Å². The molecule has 1 N–H and O–H groups in total. The molecule has 2 aromatic rings. The normalized spacial score (nSPS) is 34.0. The first-order valence-corrected chi connectivity index (χ1v) is 7.60. The Hall–Kier alpha value is -1.31. The molecule has 0 bridgehead atoms. The smallest absolute Gasteiger partial charge is 0.0690 e. The fourth-order valence-electron chi connectivity index (χ4n) is 4.99. The summed E-state index contributed by atoms with van der Waals surface area (Å²) in [7, 11) is 0. The second-order valence-corrected chi connectivity index (χ2v) is 7.01. The van der Waals surface area contributed by atoms with Crippen LogP contribution >= 0.6 is 0 Å². The van der Waals surface area contributed by atoms with Gasteiger partial charge in [0.25, 0.3) is 0 Å². The lowest BCUT2D eigenvalue weighted by Crippen LogP contribution is -2.20. The van der Waals surface area contributed by atoms with E-state index in [1.807, 2.05) is 6.20 Å². The van der Waals surface area contributed by atoms with Crippen molar-refractivity contribution >= 4 is 10.9 Å². The van der Waals surface area contributed by atoms with Crippen LogP contribution in [0.1, 0.15) is 50.2 Å². The number of hydrogen-bond donors (Lipinski definition) is 1. The molecule has 100 valence electrons. The number of hydrogen-bond acceptors (Lipinski definition) is 1. The topological polar surface area (TPSA) is 28.7 Å². The van der Waals surface area contributed by atoms with Gasteiger partial charge in [-0.15, -0.1) is 0 Å². The molecule has 2 atom stereocenters. The highest BCUT2D eigenvalue weighted by molar-refractivity contribution is 5.83. The predicted octanol–water partition coefficient (Wildman–Crippen LogP) is 4.34. The van der Waals surface area contributed by atoms with Gasteiger partial charge in [-0.1, -0.05) is 38.3 Å². The van der Waals surface area contributed by atoms with Gasteiger partial charge in [0.05, 0.1) is 11.7 Å². The summed E-state index contributed by atoms with van der Waals surface area (Å²) in [6.45, 7) is 4.74. The van der Waals surface area contributed by atoms with Crippen LogP contribution in [-0.4, -0.2) is 10.2 Å². The minimum Gasteiger partial charge on any atom is -0.278 e. The molecule has 2 fully saturated rings. The molecule has 19 heavy (non-hydrogen) atoms. The molecule has 1 aromatic heterocycles. The van der Waals surface area contributed by atoms with E-state index in [4.69, 9.17) is 0 Å². The van der Waals surface area contributed by atoms with Crippen molar-refractivity contribution in [1.82, 2.24) is 10.2 Å². The van der Waals surface area contributed by atoms with Gasteiger partial charge >= 0.3 is 0 Å². The van der Waals surface area contributed by atoms with Crippen molar-refractivity contribution in [2.24, 2.45) is 11.8 Å². The van der Waals surface area contributed by atoms with Crippen LogP contribution in [0, 0.1) is 18.8 Å². The van der Waals surface area contributed by atoms with Gasteiger partial charge < -0.3 is 0 Å². The highest BCUT2D eigenvalue weighted by atomic mass is 15.1. The summed E-state index contributed by atoms with van der Waals surface area (Å²) < 4.78 is 0. The molecule has 0 saturated heterocycles. The maximum atomic E-state index is 4.25. The monoisotopic (exact) mass is 254 g/mol. The second-order valence-electron chi connectivity index (χ2n) is 7.01. The third-order valence-electron chi connectivity index (χ3n) is 5.67. The number of fused-ring (bicyclic) bond motifs is 2. The van der Waals surface area contributed by atoms with E-state index in [1.54, 1.807) is 0 Å². The lowest BCUT2D eigenvalue weighted by molar-refractivity contribution is 0.441. The van der Waals surface area contributed by atoms with Crippen molar-refractivity contribution in [3.05, 3.63) is 29.5 Å². The average molecular weight is 254 g/mol. The Morgan fingerprint density at radius 2 is 1.95 bits per heavy atom. The van der Waals surface area contributed by atoms with Crippen molar-refractivity contribution in [2.75, 3.05) is 0 Å². The van der Waals surface area contributed by atoms with E-state index < -0.39 is 0 Å². The first-order valence-electron chi connectivity index (χ1n) is 7.60. The first kappa shape index (κ1) is 11.5. The van der Waals surface area contributed by atoms with E-state index in [0.29, 0.717) is 5.41 Å². The summed E-state index contributed by atoms with van der Waals surface area (Å²) in [5.41, 5.74) is 4.60. The number of rotatable bonds is 1. The van der Waals surface area contributed by atoms with Crippen LogP contribution in [0.2, 0.25) is 0 Å². The Bertz CT molecular complexity index is 613. The van der Waals surface area contributed by atoms with Gasteiger partial charge in [-0.25, -0.2) is 0 Å². The molecule has 0 amide bonds. The second kappa shape index (κ2) is 3.84. The molecule has 2 aliphatic rings. The Morgan fingerprint density at radius 3 is 2.68 bits per heavy atom. The molecule has 4 rings (SSSR count). The standard InChI is InChI=1S/C17H22N2/c1-11-6-7-14-10-18-19-16(14)15(11)17(2)8-12-4-3-5-13(12)9-17/h6-7,10,12-13H,3-5,8-9H2,1-2H3,(H,18,19). The van der Waals surface area contributed by atoms with Gasteiger partial charge in [0.2, 0.25) is 0 Å². The largest absolute Gasteiger partial charge is 0.278 e. The van der Waals surface area contributed by atoms with Gasteiger partial charge in [-0.3, -0.25) is 5.10 Å². The van der Waals surface area contributed by atoms with Gasteiger partial charge in [0.15, 0.2) is 0 Å². The quantitative estimate of drug-likeness (QED) is 0.805. The highest BCUT2D eigenvalue weighted by Crippen LogP contribution is 2.55. The van der Waals surface area contributed by atoms with E-state index in [9.17, 15) is 0 Å². The molecule has 2 nitrogen and oxygen atoms in total. The maximum absolute atomic E-state index is 4.25. The SMILES string of the molecule is Cc1ccc2cn[nH]c2c1C1(C)CC2CCCC2C1. The Kier molecular flexibility index (Phi) is 2.33. The molecule has 1 aromatic carbocycles. The van der Waals surface area contributed by atoms with Crippen LogP contribution < -0.4 is 0 Å². The number of nitrogens with one attached hydrogen (secondary N) is 1. The first-order chi connectivity index (χ1) is 9.17. The van der Waals surface area contributed by atoms with Gasteiger partial charge in [0, 0.05) is 5.39 Å². The van der Waals surface area contributed by atoms with E-state index in [-0.39, 0.29) is 0 Å². The van der Waals surface area contributed by atoms with E-state index in [1.165, 1.54) is 54.1 Å². The Morgan fingerprint density at radius 1 is 1.21 bits per heavy atom. The van der Waals surface area contributed by atoms with Crippen LogP contribution in [0.4, 0.5) is 0 Å². The van der Waals surface area contributed by atoms with Crippen molar-refractivity contribution in [1.29, 1.82) is 0 Å². The fourth-order valence-corrected chi connectivity index (χ4v) is 4.99. The number of aryl methyl sites for hydroxylation is 1. The molecule has 2 heteroatoms. The van der Waals surface area contributed by atoms with Crippen molar-refractivity contribution in [3.8, 4) is 0 Å². The summed E-state index contributed by atoms with van der Waals surface area (Å²) in [6.07, 6.45) is 9.07. The van der Waals surface area contributed by atoms with Crippen molar-refractivity contribution < 1.29 is 0 Å². The zero-order valence-electron chi connectivity index (χ0n) is 11.9. The average Bonchev–Trinajstić information content (AvgIpc) is 3.02. The third-order valence-corrected chi connectivity index (χ3v) is 5.67. The summed E-state index contributed by atoms with van der Waals surface area (Å²) in [5, 5.41) is 8.76. The molecule has 2 saturated carbocycles. The van der Waals surface area contributed by atoms with Crippen LogP contribution in [-0.2, 0) is 5.41 Å². The lowest BCUT2D eigenvalue weighted by Gasteiger charge is -2.28. The van der Waals surface area contributed by atoms with Crippen molar-refractivity contribution in [3.63, 3.8) is 0 Å². The van der Waals surface area contributed by atoms with Gasteiger partial charge in [0.1, 0.15) is 0 Å². The number of aromatic amines is 1. The molecule has 2 aliphatic carbocycles. The summed E-state index contributed by atoms with van der Waals surface area (Å²) in [4.78, 5) is 0. The minimum absolute atomic E-state index is 0.353. The zero-order chi connectivity index (χ0) is 13.0. The highest BCUT2D eigenvalue weighted by Gasteiger charge is 2.46. The summed E-state index contributed by atoms with van der Waals surface area (Å²) in [6, 6.07) is 4.46. The summed E-state index contributed by atoms with van der Waals surface area (Å²) >= 11 is 0. The van der Waals surface area contributed by atoms with Gasteiger partial charge in [-0.05, 0) is 48.1 Å². The van der Waals surface area contributed by atoms with E-state index in [2.05, 4.69) is 36.2 Å². The van der Waals surface area contributed by atoms with Crippen LogP contribution in [0.15, 0.2) is 18.3 Å². The van der Waals surface area contributed by atoms with Crippen LogP contribution in [0.5, 0.6) is 0 Å². The molecule has 2 unspecified atom stereocenters. The lowest BCUT2D eigenvalue weighted by atomic mass is 9.76. The molecular formula is C17H22N2. The molecule has 0 aliphatic heterocycles. The van der Waals surface area contributed by atoms with Crippen LogP contribution in [0.3, 0.4) is 0 Å². The van der Waals surface area contributed by atoms with E-state index in [0.717, 1.165) is 11.8 Å². The number of aromatic nitrogens is 2. The summed E-state index contributed by atoms with van der Waals surface area (Å²) in [5.74, 6) is 1.95. The Labute approximate surface area is 114 Å². The van der Waals surface area contributed by atoms with E-state index >= 15 is 0 Å². The molecule has 0 radical (unpaired) electrons. The van der Waals surface area contributed by atoms with Gasteiger partial charge in [-0.2, -0.15) is 5.10 Å². The molecule has 1 heterocycles. The maximum Gasteiger partial charge on any atom is 0.0690 e. The predicted molar refractivity (Wildman–Crippen MR) is 78.2 cm³/mol. The fraction of sp³-hybridized carbons (Fsp3) is 0.588. The zero-order valence-corrected chi connectivity index (χ0v) is 11.9. The molecular weight excluding hydrogens is 232 g/mol. The number of H-pyrrole nitrogens is 1.